The number of hydrogen-bond donors (Lipinski definition) is 0. The minimum atomic E-state index is -3.96. The van der Waals surface area contributed by atoms with Gasteiger partial charge < -0.3 is 9.64 Å². The van der Waals surface area contributed by atoms with E-state index in [1.807, 2.05) is 53.2 Å². The summed E-state index contributed by atoms with van der Waals surface area (Å²) in [5.41, 5.74) is 3.52. The van der Waals surface area contributed by atoms with Crippen molar-refractivity contribution in [3.8, 4) is 23.0 Å². The topological polar surface area (TPSA) is 66.9 Å². The molecule has 44 heavy (non-hydrogen) atoms. The van der Waals surface area contributed by atoms with Crippen LogP contribution < -0.4 is 4.90 Å². The van der Waals surface area contributed by atoms with E-state index >= 15 is 0 Å². The van der Waals surface area contributed by atoms with E-state index in [9.17, 15) is 17.6 Å². The molecule has 0 spiro atoms. The van der Waals surface area contributed by atoms with Crippen LogP contribution >= 0.6 is 11.3 Å². The van der Waals surface area contributed by atoms with Crippen molar-refractivity contribution in [1.82, 2.24) is 4.31 Å². The Balaban J connectivity index is 1.61. The Morgan fingerprint density at radius 2 is 1.77 bits per heavy atom. The van der Waals surface area contributed by atoms with Crippen LogP contribution in [0.3, 0.4) is 0 Å². The fourth-order valence-corrected chi connectivity index (χ4v) is 8.51. The van der Waals surface area contributed by atoms with Crippen molar-refractivity contribution >= 4 is 38.7 Å². The van der Waals surface area contributed by atoms with Crippen LogP contribution in [0.4, 0.5) is 15.8 Å². The third kappa shape index (κ3) is 5.77. The van der Waals surface area contributed by atoms with Crippen LogP contribution in [0.15, 0.2) is 82.4 Å². The molecule has 1 atom stereocenters. The Morgan fingerprint density at radius 1 is 1.00 bits per heavy atom. The van der Waals surface area contributed by atoms with Gasteiger partial charge in [-0.05, 0) is 77.7 Å². The Hall–Kier alpha value is -3.97. The second-order valence-electron chi connectivity index (χ2n) is 11.2. The van der Waals surface area contributed by atoms with Gasteiger partial charge in [0.2, 0.25) is 10.0 Å². The van der Waals surface area contributed by atoms with Crippen LogP contribution in [-0.2, 0) is 14.8 Å². The van der Waals surface area contributed by atoms with E-state index in [0.717, 1.165) is 36.9 Å². The zero-order valence-corrected chi connectivity index (χ0v) is 26.3. The molecule has 6 rings (SSSR count). The molecule has 0 radical (unpaired) electrons. The third-order valence-corrected chi connectivity index (χ3v) is 11.3. The van der Waals surface area contributed by atoms with E-state index in [0.29, 0.717) is 28.9 Å². The summed E-state index contributed by atoms with van der Waals surface area (Å²) in [4.78, 5) is 14.6. The molecule has 0 bridgehead atoms. The summed E-state index contributed by atoms with van der Waals surface area (Å²) >= 11 is 1.53. The van der Waals surface area contributed by atoms with Gasteiger partial charge in [-0.3, -0.25) is 0 Å². The zero-order chi connectivity index (χ0) is 30.8. The van der Waals surface area contributed by atoms with Crippen LogP contribution in [0, 0.1) is 23.6 Å². The summed E-state index contributed by atoms with van der Waals surface area (Å²) in [6, 6.07) is 19.1. The van der Waals surface area contributed by atoms with Crippen LogP contribution in [-0.4, -0.2) is 45.4 Å². The van der Waals surface area contributed by atoms with Gasteiger partial charge >= 0.3 is 5.97 Å². The van der Waals surface area contributed by atoms with Gasteiger partial charge in [-0.15, -0.1) is 0 Å². The lowest BCUT2D eigenvalue weighted by Crippen LogP contribution is -2.46. The van der Waals surface area contributed by atoms with Crippen LogP contribution in [0.25, 0.3) is 11.1 Å². The summed E-state index contributed by atoms with van der Waals surface area (Å²) in [6.45, 7) is 0.497. The van der Waals surface area contributed by atoms with Crippen molar-refractivity contribution in [3.63, 3.8) is 0 Å². The van der Waals surface area contributed by atoms with E-state index in [2.05, 4.69) is 16.7 Å². The molecule has 2 heterocycles. The lowest BCUT2D eigenvalue weighted by atomic mass is 9.83. The highest BCUT2D eigenvalue weighted by atomic mass is 32.2. The number of ether oxygens (including phenoxy) is 1. The molecule has 9 heteroatoms. The first-order valence-electron chi connectivity index (χ1n) is 14.7. The van der Waals surface area contributed by atoms with Gasteiger partial charge in [0.05, 0.1) is 18.4 Å². The average molecular weight is 629 g/mol. The highest BCUT2D eigenvalue weighted by Crippen LogP contribution is 2.43. The maximum absolute atomic E-state index is 14.7. The summed E-state index contributed by atoms with van der Waals surface area (Å²) in [7, 11) is -1.08. The fourth-order valence-electron chi connectivity index (χ4n) is 6.31. The number of halogens is 1. The SMILES string of the molecule is COC(=O)c1cc(-c2cc3c(cc2C#Cc2ccsc2)N(c2ccccc2)C[C@@H](C2CCCCC2)N(C)S3(=O)=O)ccc1F. The molecule has 1 aliphatic heterocycles. The summed E-state index contributed by atoms with van der Waals surface area (Å²) in [5, 5.41) is 3.88. The van der Waals surface area contributed by atoms with Crippen LogP contribution in [0.1, 0.15) is 53.6 Å². The Morgan fingerprint density at radius 3 is 2.48 bits per heavy atom. The molecule has 6 nitrogen and oxygen atoms in total. The number of benzene rings is 3. The number of likely N-dealkylation sites (N-methyl/N-ethyl adjacent to an activating group) is 1. The molecule has 3 aromatic carbocycles. The molecule has 0 N–H and O–H groups in total. The number of nitrogens with zero attached hydrogens (tertiary/aromatic N) is 2. The first-order chi connectivity index (χ1) is 21.3. The lowest BCUT2D eigenvalue weighted by molar-refractivity contribution is 0.0595. The van der Waals surface area contributed by atoms with E-state index in [1.54, 1.807) is 17.4 Å². The number of esters is 1. The van der Waals surface area contributed by atoms with Crippen molar-refractivity contribution in [2.45, 2.75) is 43.0 Å². The zero-order valence-electron chi connectivity index (χ0n) is 24.6. The highest BCUT2D eigenvalue weighted by Gasteiger charge is 2.41. The number of fused-ring (bicyclic) bond motifs is 1. The summed E-state index contributed by atoms with van der Waals surface area (Å²) in [5.74, 6) is 5.15. The molecule has 226 valence electrons. The number of sulfonamides is 1. The molecular formula is C35H33FN2O4S2. The number of hydrogen-bond acceptors (Lipinski definition) is 6. The van der Waals surface area contributed by atoms with Crippen molar-refractivity contribution in [2.24, 2.45) is 5.92 Å². The molecule has 1 aromatic heterocycles. The highest BCUT2D eigenvalue weighted by molar-refractivity contribution is 7.89. The minimum absolute atomic E-state index is 0.141. The van der Waals surface area contributed by atoms with E-state index in [4.69, 9.17) is 4.74 Å². The van der Waals surface area contributed by atoms with Crippen molar-refractivity contribution in [2.75, 3.05) is 25.6 Å². The van der Waals surface area contributed by atoms with Gasteiger partial charge in [0.1, 0.15) is 10.7 Å². The molecule has 1 aliphatic carbocycles. The van der Waals surface area contributed by atoms with Crippen molar-refractivity contribution in [1.29, 1.82) is 0 Å². The molecule has 1 saturated carbocycles. The van der Waals surface area contributed by atoms with Crippen molar-refractivity contribution in [3.05, 3.63) is 100.0 Å². The average Bonchev–Trinajstić information content (AvgIpc) is 3.56. The lowest BCUT2D eigenvalue weighted by Gasteiger charge is -2.36. The third-order valence-electron chi connectivity index (χ3n) is 8.69. The second-order valence-corrected chi connectivity index (χ2v) is 14.0. The maximum Gasteiger partial charge on any atom is 0.340 e. The summed E-state index contributed by atoms with van der Waals surface area (Å²) in [6.07, 6.45) is 5.32. The number of anilines is 2. The van der Waals surface area contributed by atoms with Gasteiger partial charge in [0, 0.05) is 41.8 Å². The van der Waals surface area contributed by atoms with Gasteiger partial charge in [-0.1, -0.05) is 55.4 Å². The number of carbonyl (C=O) groups excluding carboxylic acids is 1. The predicted octanol–water partition coefficient (Wildman–Crippen LogP) is 7.46. The minimum Gasteiger partial charge on any atom is -0.465 e. The predicted molar refractivity (Wildman–Crippen MR) is 172 cm³/mol. The normalized spacial score (nSPS) is 18.5. The largest absolute Gasteiger partial charge is 0.465 e. The van der Waals surface area contributed by atoms with Gasteiger partial charge in [0.25, 0.3) is 0 Å². The van der Waals surface area contributed by atoms with E-state index < -0.39 is 21.8 Å². The monoisotopic (exact) mass is 628 g/mol. The number of thiophene rings is 1. The van der Waals surface area contributed by atoms with Crippen LogP contribution in [0.5, 0.6) is 0 Å². The first-order valence-corrected chi connectivity index (χ1v) is 17.1. The fraction of sp³-hybridized carbons (Fsp3) is 0.286. The molecule has 4 aromatic rings. The molecule has 0 unspecified atom stereocenters. The Labute approximate surface area is 262 Å². The van der Waals surface area contributed by atoms with Gasteiger partial charge in [-0.2, -0.15) is 15.6 Å². The standard InChI is InChI=1S/C35H33FN2O4S2/c1-37-33(25-9-5-3-6-10-25)22-38(28-11-7-4-8-12-28)32-20-27(14-13-24-17-18-43-23-24)29(21-34(32)44(37,40)41)26-15-16-31(36)30(19-26)35(39)42-2/h4,7-8,11-12,15-21,23,25,33H,3,5-6,9-10,22H2,1-2H3/t33-/m0/s1. The molecule has 0 saturated heterocycles. The van der Waals surface area contributed by atoms with Gasteiger partial charge in [0.15, 0.2) is 0 Å². The number of rotatable bonds is 4. The van der Waals surface area contributed by atoms with E-state index in [1.165, 1.54) is 43.1 Å². The second kappa shape index (κ2) is 12.6. The molecule has 2 aliphatic rings. The first kappa shape index (κ1) is 30.1. The summed E-state index contributed by atoms with van der Waals surface area (Å²) < 4.78 is 50.0. The molecule has 0 amide bonds. The van der Waals surface area contributed by atoms with Crippen molar-refractivity contribution < 1.29 is 22.3 Å². The van der Waals surface area contributed by atoms with E-state index in [-0.39, 0.29) is 22.4 Å². The maximum atomic E-state index is 14.7. The Bertz CT molecular complexity index is 1840. The van der Waals surface area contributed by atoms with Gasteiger partial charge in [-0.25, -0.2) is 17.6 Å². The number of carbonyl (C=O) groups is 1. The quantitative estimate of drug-likeness (QED) is 0.173. The molecular weight excluding hydrogens is 596 g/mol. The molecule has 1 fully saturated rings. The smallest absolute Gasteiger partial charge is 0.340 e. The Kier molecular flexibility index (Phi) is 8.59. The van der Waals surface area contributed by atoms with Crippen LogP contribution in [0.2, 0.25) is 0 Å². The number of para-hydroxylation sites is 1. The number of methoxy groups -OCH3 is 1.